The third-order valence-electron chi connectivity index (χ3n) is 2.36. The second kappa shape index (κ2) is 2.95. The van der Waals surface area contributed by atoms with Gasteiger partial charge < -0.3 is 14.4 Å². The van der Waals surface area contributed by atoms with E-state index in [9.17, 15) is 9.59 Å². The number of rotatable bonds is 1. The van der Waals surface area contributed by atoms with Crippen LogP contribution in [0.15, 0.2) is 10.9 Å². The van der Waals surface area contributed by atoms with Crippen molar-refractivity contribution >= 4 is 5.97 Å². The molecule has 0 spiro atoms. The number of carboxylic acid groups (broad SMARTS) is 1. The van der Waals surface area contributed by atoms with E-state index < -0.39 is 11.5 Å². The summed E-state index contributed by atoms with van der Waals surface area (Å²) in [6, 6.07) is 1.40. The Kier molecular flexibility index (Phi) is 1.89. The molecule has 1 aromatic heterocycles. The van der Waals surface area contributed by atoms with Gasteiger partial charge in [0.25, 0.3) is 5.56 Å². The first kappa shape index (κ1) is 8.96. The average molecular weight is 195 g/mol. The molecule has 74 valence electrons. The van der Waals surface area contributed by atoms with E-state index in [0.29, 0.717) is 13.2 Å². The zero-order chi connectivity index (χ0) is 10.3. The normalized spacial score (nSPS) is 14.1. The van der Waals surface area contributed by atoms with Gasteiger partial charge in [0.1, 0.15) is 5.56 Å². The van der Waals surface area contributed by atoms with Crippen molar-refractivity contribution in [1.29, 1.82) is 0 Å². The summed E-state index contributed by atoms with van der Waals surface area (Å²) in [6.07, 6.45) is 0. The molecular formula is C9H9NO4. The Bertz CT molecular complexity index is 461. The van der Waals surface area contributed by atoms with E-state index in [4.69, 9.17) is 9.84 Å². The molecular weight excluding hydrogens is 186 g/mol. The number of fused-ring (bicyclic) bond motifs is 1. The first-order chi connectivity index (χ1) is 6.61. The van der Waals surface area contributed by atoms with E-state index in [1.165, 1.54) is 10.6 Å². The molecule has 2 heterocycles. The second-order valence-corrected chi connectivity index (χ2v) is 3.19. The molecule has 0 radical (unpaired) electrons. The maximum absolute atomic E-state index is 11.5. The van der Waals surface area contributed by atoms with Crippen molar-refractivity contribution in [1.82, 2.24) is 4.57 Å². The lowest BCUT2D eigenvalue weighted by Gasteiger charge is -2.05. The molecule has 5 heteroatoms. The predicted octanol–water partition coefficient (Wildman–Crippen LogP) is 0.114. The van der Waals surface area contributed by atoms with Crippen LogP contribution in [0.4, 0.5) is 0 Å². The highest BCUT2D eigenvalue weighted by molar-refractivity contribution is 5.87. The van der Waals surface area contributed by atoms with Crippen LogP contribution >= 0.6 is 0 Å². The number of pyridine rings is 1. The van der Waals surface area contributed by atoms with Gasteiger partial charge in [-0.2, -0.15) is 0 Å². The van der Waals surface area contributed by atoms with Crippen LogP contribution in [0, 0.1) is 0 Å². The maximum atomic E-state index is 11.5. The third-order valence-corrected chi connectivity index (χ3v) is 2.36. The fourth-order valence-electron chi connectivity index (χ4n) is 1.56. The lowest BCUT2D eigenvalue weighted by atomic mass is 10.1. The highest BCUT2D eigenvalue weighted by Crippen LogP contribution is 2.18. The van der Waals surface area contributed by atoms with Gasteiger partial charge in [0.05, 0.1) is 18.9 Å². The molecule has 14 heavy (non-hydrogen) atoms. The fourth-order valence-corrected chi connectivity index (χ4v) is 1.56. The fraction of sp³-hybridized carbons (Fsp3) is 0.333. The number of aromatic nitrogens is 1. The average Bonchev–Trinajstić information content (AvgIpc) is 2.58. The molecule has 0 aromatic carbocycles. The summed E-state index contributed by atoms with van der Waals surface area (Å²) in [5.74, 6) is -1.19. The van der Waals surface area contributed by atoms with E-state index in [2.05, 4.69) is 0 Å². The van der Waals surface area contributed by atoms with E-state index in [1.807, 2.05) is 0 Å². The molecule has 0 amide bonds. The van der Waals surface area contributed by atoms with Gasteiger partial charge in [-0.1, -0.05) is 0 Å². The topological polar surface area (TPSA) is 68.5 Å². The summed E-state index contributed by atoms with van der Waals surface area (Å²) >= 11 is 0. The highest BCUT2D eigenvalue weighted by Gasteiger charge is 2.20. The van der Waals surface area contributed by atoms with E-state index in [1.54, 1.807) is 7.05 Å². The molecule has 5 nitrogen and oxygen atoms in total. The Balaban J connectivity index is 2.73. The number of nitrogens with zero attached hydrogens (tertiary/aromatic N) is 1. The minimum Gasteiger partial charge on any atom is -0.477 e. The SMILES string of the molecule is Cn1c2c(cc(C(=O)O)c1=O)COC2. The summed E-state index contributed by atoms with van der Waals surface area (Å²) in [4.78, 5) is 22.2. The highest BCUT2D eigenvalue weighted by atomic mass is 16.5. The Hall–Kier alpha value is -1.62. The van der Waals surface area contributed by atoms with E-state index in [-0.39, 0.29) is 5.56 Å². The quantitative estimate of drug-likeness (QED) is 0.690. The lowest BCUT2D eigenvalue weighted by Crippen LogP contribution is -2.26. The molecule has 2 rings (SSSR count). The Morgan fingerprint density at radius 3 is 2.93 bits per heavy atom. The molecule has 0 saturated heterocycles. The summed E-state index contributed by atoms with van der Waals surface area (Å²) in [7, 11) is 1.56. The lowest BCUT2D eigenvalue weighted by molar-refractivity contribution is 0.0694. The molecule has 0 fully saturated rings. The first-order valence-corrected chi connectivity index (χ1v) is 4.14. The van der Waals surface area contributed by atoms with Crippen LogP contribution in [-0.4, -0.2) is 15.6 Å². The molecule has 1 N–H and O–H groups in total. The number of hydrogen-bond acceptors (Lipinski definition) is 3. The molecule has 0 aliphatic carbocycles. The molecule has 1 aliphatic rings. The third kappa shape index (κ3) is 1.13. The van der Waals surface area contributed by atoms with Crippen LogP contribution in [0.1, 0.15) is 21.6 Å². The van der Waals surface area contributed by atoms with Crippen molar-refractivity contribution < 1.29 is 14.6 Å². The first-order valence-electron chi connectivity index (χ1n) is 4.14. The van der Waals surface area contributed by atoms with E-state index in [0.717, 1.165) is 11.3 Å². The molecule has 0 atom stereocenters. The standard InChI is InChI=1S/C9H9NO4/c1-10-7-4-14-3-5(7)2-6(8(10)11)9(12)13/h2H,3-4H2,1H3,(H,12,13). The smallest absolute Gasteiger partial charge is 0.341 e. The zero-order valence-corrected chi connectivity index (χ0v) is 7.61. The molecule has 0 bridgehead atoms. The van der Waals surface area contributed by atoms with Crippen molar-refractivity contribution in [3.63, 3.8) is 0 Å². The molecule has 0 saturated carbocycles. The zero-order valence-electron chi connectivity index (χ0n) is 7.61. The van der Waals surface area contributed by atoms with Gasteiger partial charge in [0.2, 0.25) is 0 Å². The summed E-state index contributed by atoms with van der Waals surface area (Å²) < 4.78 is 6.47. The monoisotopic (exact) mass is 195 g/mol. The van der Waals surface area contributed by atoms with Crippen LogP contribution in [0.2, 0.25) is 0 Å². The summed E-state index contributed by atoms with van der Waals surface area (Å²) in [5, 5.41) is 8.77. The van der Waals surface area contributed by atoms with Crippen molar-refractivity contribution in [2.75, 3.05) is 0 Å². The van der Waals surface area contributed by atoms with E-state index >= 15 is 0 Å². The number of aromatic carboxylic acids is 1. The van der Waals surface area contributed by atoms with Gasteiger partial charge in [-0.15, -0.1) is 0 Å². The van der Waals surface area contributed by atoms with Crippen molar-refractivity contribution in [2.24, 2.45) is 7.05 Å². The van der Waals surface area contributed by atoms with Crippen molar-refractivity contribution in [2.45, 2.75) is 13.2 Å². The van der Waals surface area contributed by atoms with Gasteiger partial charge in [-0.25, -0.2) is 4.79 Å². The predicted molar refractivity (Wildman–Crippen MR) is 47.1 cm³/mol. The number of ether oxygens (including phenoxy) is 1. The van der Waals surface area contributed by atoms with Crippen LogP contribution < -0.4 is 5.56 Å². The Morgan fingerprint density at radius 2 is 2.29 bits per heavy atom. The van der Waals surface area contributed by atoms with Gasteiger partial charge in [0, 0.05) is 12.6 Å². The van der Waals surface area contributed by atoms with Crippen LogP contribution in [0.25, 0.3) is 0 Å². The maximum Gasteiger partial charge on any atom is 0.341 e. The Morgan fingerprint density at radius 1 is 1.57 bits per heavy atom. The molecule has 1 aliphatic heterocycles. The minimum absolute atomic E-state index is 0.197. The largest absolute Gasteiger partial charge is 0.477 e. The number of carboxylic acids is 1. The Labute approximate surface area is 79.5 Å². The van der Waals surface area contributed by atoms with Gasteiger partial charge in [-0.3, -0.25) is 4.79 Å². The van der Waals surface area contributed by atoms with Crippen molar-refractivity contribution in [3.8, 4) is 0 Å². The van der Waals surface area contributed by atoms with Crippen molar-refractivity contribution in [3.05, 3.63) is 33.2 Å². The summed E-state index contributed by atoms with van der Waals surface area (Å²) in [5.41, 5.74) is 0.864. The van der Waals surface area contributed by atoms with Crippen LogP contribution in [-0.2, 0) is 25.0 Å². The van der Waals surface area contributed by atoms with Gasteiger partial charge >= 0.3 is 5.97 Å². The van der Waals surface area contributed by atoms with Crippen LogP contribution in [0.3, 0.4) is 0 Å². The number of carbonyl (C=O) groups is 1. The molecule has 0 unspecified atom stereocenters. The second-order valence-electron chi connectivity index (χ2n) is 3.19. The number of hydrogen-bond donors (Lipinski definition) is 1. The minimum atomic E-state index is -1.19. The summed E-state index contributed by atoms with van der Waals surface area (Å²) in [6.45, 7) is 0.755. The van der Waals surface area contributed by atoms with Gasteiger partial charge in [0.15, 0.2) is 0 Å². The van der Waals surface area contributed by atoms with Crippen LogP contribution in [0.5, 0.6) is 0 Å². The van der Waals surface area contributed by atoms with Gasteiger partial charge in [-0.05, 0) is 6.07 Å². The molecule has 1 aromatic rings.